The first-order chi connectivity index (χ1) is 8.60. The van der Waals surface area contributed by atoms with Crippen molar-refractivity contribution in [2.75, 3.05) is 6.26 Å². The summed E-state index contributed by atoms with van der Waals surface area (Å²) in [7, 11) is 0. The lowest BCUT2D eigenvalue weighted by Gasteiger charge is -1.98. The van der Waals surface area contributed by atoms with Gasteiger partial charge in [0.15, 0.2) is 13.7 Å². The fourth-order valence-corrected chi connectivity index (χ4v) is 3.54. The van der Waals surface area contributed by atoms with E-state index in [0.717, 1.165) is 22.3 Å². The summed E-state index contributed by atoms with van der Waals surface area (Å²) < 4.78 is 1.34. The highest BCUT2D eigenvalue weighted by atomic mass is 35.5. The first kappa shape index (κ1) is 13.5. The van der Waals surface area contributed by atoms with Crippen molar-refractivity contribution >= 4 is 52.1 Å². The summed E-state index contributed by atoms with van der Waals surface area (Å²) in [6.07, 6.45) is 2.95. The van der Waals surface area contributed by atoms with Crippen LogP contribution < -0.4 is 0 Å². The summed E-state index contributed by atoms with van der Waals surface area (Å²) in [6.45, 7) is 0. The van der Waals surface area contributed by atoms with Gasteiger partial charge in [0.05, 0.1) is 4.92 Å². The first-order valence-corrected chi connectivity index (χ1v) is 7.56. The van der Waals surface area contributed by atoms with E-state index in [4.69, 9.17) is 11.6 Å². The van der Waals surface area contributed by atoms with Crippen LogP contribution in [0.3, 0.4) is 0 Å². The van der Waals surface area contributed by atoms with E-state index in [2.05, 4.69) is 20.2 Å². The number of hydrogen-bond acceptors (Lipinski definition) is 9. The maximum Gasteiger partial charge on any atom is 0.320 e. The molecule has 94 valence electrons. The van der Waals surface area contributed by atoms with Crippen LogP contribution >= 0.6 is 46.5 Å². The maximum atomic E-state index is 10.8. The molecule has 0 atom stereocenters. The van der Waals surface area contributed by atoms with Crippen molar-refractivity contribution in [2.45, 2.75) is 13.7 Å². The van der Waals surface area contributed by atoms with E-state index in [1.807, 2.05) is 6.26 Å². The molecule has 0 aliphatic rings. The fourth-order valence-electron chi connectivity index (χ4n) is 0.944. The summed E-state index contributed by atoms with van der Waals surface area (Å²) in [5.41, 5.74) is -0.203. The summed E-state index contributed by atoms with van der Waals surface area (Å²) in [5.74, 6) is 0. The third-order valence-corrected chi connectivity index (χ3v) is 4.78. The molecule has 2 heterocycles. The minimum atomic E-state index is -0.560. The Bertz CT molecular complexity index is 592. The molecule has 0 saturated carbocycles. The standard InChI is InChI=1S/C7H4ClN5O2S3/c1-16-6-11-12-7(18-6)17-4-3(13(14)15)2-9-5(8)10-4/h2H,1H3. The van der Waals surface area contributed by atoms with Gasteiger partial charge in [-0.15, -0.1) is 10.2 Å². The van der Waals surface area contributed by atoms with E-state index in [1.165, 1.54) is 23.1 Å². The zero-order chi connectivity index (χ0) is 13.1. The average Bonchev–Trinajstić information content (AvgIpc) is 2.76. The van der Waals surface area contributed by atoms with Crippen LogP contribution in [-0.4, -0.2) is 31.3 Å². The molecule has 0 unspecified atom stereocenters. The van der Waals surface area contributed by atoms with Gasteiger partial charge >= 0.3 is 5.69 Å². The number of rotatable bonds is 4. The Balaban J connectivity index is 2.32. The van der Waals surface area contributed by atoms with Gasteiger partial charge in [0, 0.05) is 0 Å². The van der Waals surface area contributed by atoms with Crippen LogP contribution in [0, 0.1) is 10.1 Å². The normalized spacial score (nSPS) is 10.6. The van der Waals surface area contributed by atoms with Gasteiger partial charge in [0.1, 0.15) is 6.20 Å². The van der Waals surface area contributed by atoms with Crippen molar-refractivity contribution in [1.82, 2.24) is 20.2 Å². The van der Waals surface area contributed by atoms with E-state index >= 15 is 0 Å². The second-order valence-corrected chi connectivity index (χ2v) is 6.33. The molecular formula is C7H4ClN5O2S3. The zero-order valence-electron chi connectivity index (χ0n) is 8.73. The molecule has 0 fully saturated rings. The van der Waals surface area contributed by atoms with Gasteiger partial charge < -0.3 is 0 Å². The Morgan fingerprint density at radius 1 is 1.44 bits per heavy atom. The highest BCUT2D eigenvalue weighted by Gasteiger charge is 2.19. The molecule has 0 spiro atoms. The molecule has 0 radical (unpaired) electrons. The van der Waals surface area contributed by atoms with Crippen LogP contribution in [0.2, 0.25) is 5.28 Å². The van der Waals surface area contributed by atoms with Crippen molar-refractivity contribution in [2.24, 2.45) is 0 Å². The van der Waals surface area contributed by atoms with Crippen molar-refractivity contribution in [3.63, 3.8) is 0 Å². The molecule has 0 saturated heterocycles. The second-order valence-electron chi connectivity index (χ2n) is 2.73. The van der Waals surface area contributed by atoms with E-state index in [9.17, 15) is 10.1 Å². The Morgan fingerprint density at radius 3 is 2.78 bits per heavy atom. The molecular weight excluding hydrogens is 318 g/mol. The average molecular weight is 322 g/mol. The molecule has 18 heavy (non-hydrogen) atoms. The minimum Gasteiger partial charge on any atom is -0.258 e. The topological polar surface area (TPSA) is 94.7 Å². The van der Waals surface area contributed by atoms with Crippen molar-refractivity contribution < 1.29 is 4.92 Å². The van der Waals surface area contributed by atoms with E-state index in [0.29, 0.717) is 4.34 Å². The first-order valence-electron chi connectivity index (χ1n) is 4.32. The van der Waals surface area contributed by atoms with E-state index in [-0.39, 0.29) is 16.0 Å². The van der Waals surface area contributed by atoms with Gasteiger partial charge in [-0.3, -0.25) is 10.1 Å². The number of aromatic nitrogens is 4. The summed E-state index contributed by atoms with van der Waals surface area (Å²) >= 11 is 9.46. The second kappa shape index (κ2) is 5.78. The number of thioether (sulfide) groups is 1. The third-order valence-electron chi connectivity index (χ3n) is 1.65. The third kappa shape index (κ3) is 3.07. The van der Waals surface area contributed by atoms with Gasteiger partial charge in [0.2, 0.25) is 5.28 Å². The Kier molecular flexibility index (Phi) is 4.32. The highest BCUT2D eigenvalue weighted by molar-refractivity contribution is 8.03. The van der Waals surface area contributed by atoms with Crippen LogP contribution in [0.1, 0.15) is 0 Å². The lowest BCUT2D eigenvalue weighted by atomic mass is 10.6. The van der Waals surface area contributed by atoms with E-state index < -0.39 is 4.92 Å². The van der Waals surface area contributed by atoms with Crippen LogP contribution in [0.5, 0.6) is 0 Å². The van der Waals surface area contributed by atoms with Crippen molar-refractivity contribution in [1.29, 1.82) is 0 Å². The van der Waals surface area contributed by atoms with Crippen LogP contribution in [0.25, 0.3) is 0 Å². The smallest absolute Gasteiger partial charge is 0.258 e. The summed E-state index contributed by atoms with van der Waals surface area (Å²) in [4.78, 5) is 17.7. The predicted molar refractivity (Wildman–Crippen MR) is 69.5 cm³/mol. The Morgan fingerprint density at radius 2 is 2.17 bits per heavy atom. The van der Waals surface area contributed by atoms with Gasteiger partial charge in [0.25, 0.3) is 0 Å². The SMILES string of the molecule is CSc1nnc(Sc2nc(Cl)ncc2[N+](=O)[O-])s1. The molecule has 0 aromatic carbocycles. The maximum absolute atomic E-state index is 10.8. The molecule has 0 aliphatic heterocycles. The zero-order valence-corrected chi connectivity index (χ0v) is 11.9. The summed E-state index contributed by atoms with van der Waals surface area (Å²) in [6, 6.07) is 0. The number of hydrogen-bond donors (Lipinski definition) is 0. The van der Waals surface area contributed by atoms with Crippen LogP contribution in [0.15, 0.2) is 19.9 Å². The van der Waals surface area contributed by atoms with E-state index in [1.54, 1.807) is 0 Å². The van der Waals surface area contributed by atoms with Gasteiger partial charge in [-0.2, -0.15) is 0 Å². The molecule has 7 nitrogen and oxygen atoms in total. The Labute approximate surface area is 119 Å². The van der Waals surface area contributed by atoms with Gasteiger partial charge in [-0.25, -0.2) is 9.97 Å². The monoisotopic (exact) mass is 321 g/mol. The molecule has 0 bridgehead atoms. The molecule has 11 heteroatoms. The molecule has 0 amide bonds. The van der Waals surface area contributed by atoms with Crippen molar-refractivity contribution in [3.05, 3.63) is 21.6 Å². The van der Waals surface area contributed by atoms with Gasteiger partial charge in [-0.1, -0.05) is 23.1 Å². The van der Waals surface area contributed by atoms with Gasteiger partial charge in [-0.05, 0) is 29.6 Å². The number of nitrogens with zero attached hydrogens (tertiary/aromatic N) is 5. The lowest BCUT2D eigenvalue weighted by Crippen LogP contribution is -1.95. The lowest BCUT2D eigenvalue weighted by molar-refractivity contribution is -0.388. The highest BCUT2D eigenvalue weighted by Crippen LogP contribution is 2.36. The molecule has 0 N–H and O–H groups in total. The Hall–Kier alpha value is -0.970. The predicted octanol–water partition coefficient (Wildman–Crippen LogP) is 2.76. The molecule has 2 rings (SSSR count). The number of halogens is 1. The minimum absolute atomic E-state index is 0.0438. The largest absolute Gasteiger partial charge is 0.320 e. The van der Waals surface area contributed by atoms with Crippen LogP contribution in [-0.2, 0) is 0 Å². The van der Waals surface area contributed by atoms with Crippen molar-refractivity contribution in [3.8, 4) is 0 Å². The molecule has 2 aromatic heterocycles. The quantitative estimate of drug-likeness (QED) is 0.279. The molecule has 2 aromatic rings. The molecule has 0 aliphatic carbocycles. The fraction of sp³-hybridized carbons (Fsp3) is 0.143. The van der Waals surface area contributed by atoms with Crippen LogP contribution in [0.4, 0.5) is 5.69 Å². The summed E-state index contributed by atoms with van der Waals surface area (Å²) in [5, 5.41) is 18.7. The number of nitro groups is 1.